The normalized spacial score (nSPS) is 16.8. The molecule has 1 aromatic heterocycles. The summed E-state index contributed by atoms with van der Waals surface area (Å²) in [5, 5.41) is 10.3. The predicted molar refractivity (Wildman–Crippen MR) is 92.8 cm³/mol. The maximum atomic E-state index is 11.5. The van der Waals surface area contributed by atoms with Crippen LogP contribution in [-0.2, 0) is 0 Å². The highest BCUT2D eigenvalue weighted by Crippen LogP contribution is 2.21. The lowest BCUT2D eigenvalue weighted by atomic mass is 10.1. The number of aromatic nitrogens is 1. The van der Waals surface area contributed by atoms with Crippen LogP contribution in [0.15, 0.2) is 48.8 Å². The van der Waals surface area contributed by atoms with Crippen molar-refractivity contribution in [2.45, 2.75) is 6.10 Å². The Morgan fingerprint density at radius 3 is 2.54 bits per heavy atom. The number of anilines is 1. The standard InChI is InChI=1S/C18H22N4O2/c19-18(24)15-12-20-7-6-16(15)22-10-8-21(9-11-22)13-17(23)14-4-2-1-3-5-14/h1-7,12,17,23H,8-11,13H2,(H2,19,24). The molecule has 1 aliphatic heterocycles. The summed E-state index contributed by atoms with van der Waals surface area (Å²) in [4.78, 5) is 19.9. The van der Waals surface area contributed by atoms with Crippen LogP contribution in [-0.4, -0.2) is 53.6 Å². The van der Waals surface area contributed by atoms with Gasteiger partial charge in [-0.3, -0.25) is 14.7 Å². The molecule has 3 N–H and O–H groups in total. The molecule has 1 atom stereocenters. The zero-order chi connectivity index (χ0) is 16.9. The van der Waals surface area contributed by atoms with Gasteiger partial charge in [0.25, 0.3) is 5.91 Å². The molecule has 0 aliphatic carbocycles. The molecule has 2 aromatic rings. The van der Waals surface area contributed by atoms with Crippen molar-refractivity contribution in [3.8, 4) is 0 Å². The van der Waals surface area contributed by atoms with Gasteiger partial charge in [-0.2, -0.15) is 0 Å². The highest BCUT2D eigenvalue weighted by Gasteiger charge is 2.22. The molecule has 1 unspecified atom stereocenters. The molecule has 1 amide bonds. The maximum Gasteiger partial charge on any atom is 0.252 e. The van der Waals surface area contributed by atoms with Gasteiger partial charge in [0, 0.05) is 45.1 Å². The van der Waals surface area contributed by atoms with E-state index in [0.717, 1.165) is 37.4 Å². The lowest BCUT2D eigenvalue weighted by Crippen LogP contribution is -2.48. The summed E-state index contributed by atoms with van der Waals surface area (Å²) in [6, 6.07) is 11.5. The summed E-state index contributed by atoms with van der Waals surface area (Å²) in [6.07, 6.45) is 2.70. The zero-order valence-corrected chi connectivity index (χ0v) is 13.5. The number of nitrogens with zero attached hydrogens (tertiary/aromatic N) is 3. The Hall–Kier alpha value is -2.44. The Bertz CT molecular complexity index is 684. The molecule has 6 heteroatoms. The molecule has 0 saturated carbocycles. The molecule has 126 valence electrons. The van der Waals surface area contributed by atoms with Crippen LogP contribution >= 0.6 is 0 Å². The number of nitrogens with two attached hydrogens (primary N) is 1. The number of hydrogen-bond donors (Lipinski definition) is 2. The van der Waals surface area contributed by atoms with E-state index in [4.69, 9.17) is 5.73 Å². The summed E-state index contributed by atoms with van der Waals surface area (Å²) in [6.45, 7) is 3.82. The molecule has 6 nitrogen and oxygen atoms in total. The quantitative estimate of drug-likeness (QED) is 0.858. The minimum Gasteiger partial charge on any atom is -0.387 e. The monoisotopic (exact) mass is 326 g/mol. The van der Waals surface area contributed by atoms with E-state index < -0.39 is 12.0 Å². The molecule has 0 spiro atoms. The molecular weight excluding hydrogens is 304 g/mol. The molecule has 24 heavy (non-hydrogen) atoms. The van der Waals surface area contributed by atoms with Crippen molar-refractivity contribution in [2.24, 2.45) is 5.73 Å². The maximum absolute atomic E-state index is 11.5. The molecular formula is C18H22N4O2. The first-order valence-electron chi connectivity index (χ1n) is 8.09. The van der Waals surface area contributed by atoms with E-state index >= 15 is 0 Å². The van der Waals surface area contributed by atoms with Crippen LogP contribution in [0, 0.1) is 0 Å². The number of amides is 1. The number of piperazine rings is 1. The predicted octanol–water partition coefficient (Wildman–Crippen LogP) is 1.04. The number of carbonyl (C=O) groups excluding carboxylic acids is 1. The van der Waals surface area contributed by atoms with Crippen molar-refractivity contribution in [1.82, 2.24) is 9.88 Å². The first kappa shape index (κ1) is 16.4. The molecule has 1 aromatic carbocycles. The van der Waals surface area contributed by atoms with E-state index in [-0.39, 0.29) is 0 Å². The lowest BCUT2D eigenvalue weighted by Gasteiger charge is -2.37. The summed E-state index contributed by atoms with van der Waals surface area (Å²) in [5.41, 5.74) is 7.65. The fourth-order valence-corrected chi connectivity index (χ4v) is 3.05. The van der Waals surface area contributed by atoms with Gasteiger partial charge in [-0.1, -0.05) is 30.3 Å². The number of primary amides is 1. The third-order valence-corrected chi connectivity index (χ3v) is 4.39. The van der Waals surface area contributed by atoms with Gasteiger partial charge in [-0.05, 0) is 11.6 Å². The van der Waals surface area contributed by atoms with E-state index in [9.17, 15) is 9.90 Å². The highest BCUT2D eigenvalue weighted by molar-refractivity contribution is 5.98. The Morgan fingerprint density at radius 1 is 1.17 bits per heavy atom. The largest absolute Gasteiger partial charge is 0.387 e. The van der Waals surface area contributed by atoms with Crippen molar-refractivity contribution in [3.63, 3.8) is 0 Å². The fourth-order valence-electron chi connectivity index (χ4n) is 3.05. The van der Waals surface area contributed by atoms with Gasteiger partial charge < -0.3 is 15.7 Å². The van der Waals surface area contributed by atoms with Crippen molar-refractivity contribution in [3.05, 3.63) is 59.9 Å². The van der Waals surface area contributed by atoms with Gasteiger partial charge >= 0.3 is 0 Å². The minimum atomic E-state index is -0.486. The number of hydrogen-bond acceptors (Lipinski definition) is 5. The average molecular weight is 326 g/mol. The van der Waals surface area contributed by atoms with Crippen LogP contribution in [0.2, 0.25) is 0 Å². The summed E-state index contributed by atoms with van der Waals surface area (Å²) in [5.74, 6) is -0.458. The second-order valence-electron chi connectivity index (χ2n) is 5.97. The Kier molecular flexibility index (Phi) is 5.08. The Labute approximate surface area is 141 Å². The summed E-state index contributed by atoms with van der Waals surface area (Å²) < 4.78 is 0. The van der Waals surface area contributed by atoms with Crippen molar-refractivity contribution in [2.75, 3.05) is 37.6 Å². The average Bonchev–Trinajstić information content (AvgIpc) is 2.63. The van der Waals surface area contributed by atoms with Crippen molar-refractivity contribution < 1.29 is 9.90 Å². The van der Waals surface area contributed by atoms with E-state index in [0.29, 0.717) is 12.1 Å². The van der Waals surface area contributed by atoms with E-state index in [1.165, 1.54) is 6.20 Å². The van der Waals surface area contributed by atoms with Gasteiger partial charge in [0.2, 0.25) is 0 Å². The van der Waals surface area contributed by atoms with Crippen LogP contribution in [0.25, 0.3) is 0 Å². The van der Waals surface area contributed by atoms with Crippen molar-refractivity contribution in [1.29, 1.82) is 0 Å². The van der Waals surface area contributed by atoms with Gasteiger partial charge in [0.1, 0.15) is 0 Å². The number of benzene rings is 1. The van der Waals surface area contributed by atoms with E-state index in [2.05, 4.69) is 14.8 Å². The van der Waals surface area contributed by atoms with Crippen LogP contribution in [0.5, 0.6) is 0 Å². The SMILES string of the molecule is NC(=O)c1cnccc1N1CCN(CC(O)c2ccccc2)CC1. The van der Waals surface area contributed by atoms with Crippen LogP contribution < -0.4 is 10.6 Å². The first-order valence-corrected chi connectivity index (χ1v) is 8.09. The molecule has 0 radical (unpaired) electrons. The Balaban J connectivity index is 1.59. The third-order valence-electron chi connectivity index (χ3n) is 4.39. The van der Waals surface area contributed by atoms with Crippen LogP contribution in [0.4, 0.5) is 5.69 Å². The highest BCUT2D eigenvalue weighted by atomic mass is 16.3. The van der Waals surface area contributed by atoms with Crippen LogP contribution in [0.3, 0.4) is 0 Å². The van der Waals surface area contributed by atoms with E-state index in [1.807, 2.05) is 36.4 Å². The van der Waals surface area contributed by atoms with E-state index in [1.54, 1.807) is 6.20 Å². The third kappa shape index (κ3) is 3.72. The van der Waals surface area contributed by atoms with Crippen LogP contribution in [0.1, 0.15) is 22.0 Å². The summed E-state index contributed by atoms with van der Waals surface area (Å²) in [7, 11) is 0. The number of β-amino-alcohol motifs (C(OH)–C–C–N with tert-alkyl or cyclic N) is 1. The van der Waals surface area contributed by atoms with Gasteiger partial charge in [0.05, 0.1) is 17.4 Å². The second kappa shape index (κ2) is 7.42. The molecule has 0 bridgehead atoms. The topological polar surface area (TPSA) is 82.7 Å². The van der Waals surface area contributed by atoms with Gasteiger partial charge in [-0.15, -0.1) is 0 Å². The van der Waals surface area contributed by atoms with Gasteiger partial charge in [-0.25, -0.2) is 0 Å². The molecule has 1 fully saturated rings. The minimum absolute atomic E-state index is 0.454. The zero-order valence-electron chi connectivity index (χ0n) is 13.5. The second-order valence-corrected chi connectivity index (χ2v) is 5.97. The molecule has 1 saturated heterocycles. The van der Waals surface area contributed by atoms with Crippen molar-refractivity contribution >= 4 is 11.6 Å². The number of rotatable bonds is 5. The number of pyridine rings is 1. The first-order chi connectivity index (χ1) is 11.6. The number of carbonyl (C=O) groups is 1. The smallest absolute Gasteiger partial charge is 0.252 e. The molecule has 2 heterocycles. The van der Waals surface area contributed by atoms with Gasteiger partial charge in [0.15, 0.2) is 0 Å². The summed E-state index contributed by atoms with van der Waals surface area (Å²) >= 11 is 0. The Morgan fingerprint density at radius 2 is 1.88 bits per heavy atom. The number of aliphatic hydroxyl groups excluding tert-OH is 1. The fraction of sp³-hybridized carbons (Fsp3) is 0.333. The number of aliphatic hydroxyl groups is 1. The molecule has 3 rings (SSSR count). The molecule has 1 aliphatic rings. The lowest BCUT2D eigenvalue weighted by molar-refractivity contribution is 0.1000.